The molecule has 1 fully saturated rings. The molecule has 0 saturated carbocycles. The minimum absolute atomic E-state index is 0.0564. The van der Waals surface area contributed by atoms with Crippen LogP contribution in [0.4, 0.5) is 23.8 Å². The van der Waals surface area contributed by atoms with Crippen LogP contribution in [0.1, 0.15) is 18.4 Å². The number of carbonyl (C=O) groups is 1. The SMILES string of the molecule is NC(=O)OC1CCN(c2ncc(C(F)(F)F)cc2Cl)CC1. The topological polar surface area (TPSA) is 68.5 Å². The Balaban J connectivity index is 2.05. The van der Waals surface area contributed by atoms with Crippen molar-refractivity contribution in [2.45, 2.75) is 25.1 Å². The van der Waals surface area contributed by atoms with Crippen LogP contribution in [-0.2, 0) is 10.9 Å². The average molecular weight is 324 g/mol. The number of piperidine rings is 1. The first-order chi connectivity index (χ1) is 9.77. The molecule has 1 aromatic rings. The Kier molecular flexibility index (Phi) is 4.46. The number of carbonyl (C=O) groups excluding carboxylic acids is 1. The number of halogens is 4. The largest absolute Gasteiger partial charge is 0.446 e. The van der Waals surface area contributed by atoms with Gasteiger partial charge in [0.05, 0.1) is 10.6 Å². The monoisotopic (exact) mass is 323 g/mol. The molecule has 0 spiro atoms. The molecule has 116 valence electrons. The van der Waals surface area contributed by atoms with Crippen molar-refractivity contribution >= 4 is 23.5 Å². The van der Waals surface area contributed by atoms with Gasteiger partial charge in [-0.05, 0) is 6.07 Å². The van der Waals surface area contributed by atoms with Crippen LogP contribution in [0, 0.1) is 0 Å². The van der Waals surface area contributed by atoms with Gasteiger partial charge in [-0.25, -0.2) is 9.78 Å². The number of pyridine rings is 1. The number of anilines is 1. The van der Waals surface area contributed by atoms with E-state index in [-0.39, 0.29) is 11.1 Å². The predicted molar refractivity (Wildman–Crippen MR) is 70.2 cm³/mol. The maximum Gasteiger partial charge on any atom is 0.417 e. The lowest BCUT2D eigenvalue weighted by Gasteiger charge is -2.32. The van der Waals surface area contributed by atoms with Crippen molar-refractivity contribution in [1.29, 1.82) is 0 Å². The first kappa shape index (κ1) is 15.7. The van der Waals surface area contributed by atoms with Gasteiger partial charge < -0.3 is 15.4 Å². The number of rotatable bonds is 2. The molecule has 0 radical (unpaired) electrons. The van der Waals surface area contributed by atoms with E-state index >= 15 is 0 Å². The molecule has 0 unspecified atom stereocenters. The fraction of sp³-hybridized carbons (Fsp3) is 0.500. The molecular weight excluding hydrogens is 311 g/mol. The normalized spacial score (nSPS) is 16.9. The third-order valence-corrected chi connectivity index (χ3v) is 3.45. The fourth-order valence-electron chi connectivity index (χ4n) is 2.17. The molecule has 1 aliphatic heterocycles. The summed E-state index contributed by atoms with van der Waals surface area (Å²) >= 11 is 5.88. The lowest BCUT2D eigenvalue weighted by atomic mass is 10.1. The Morgan fingerprint density at radius 1 is 1.43 bits per heavy atom. The summed E-state index contributed by atoms with van der Waals surface area (Å²) in [4.78, 5) is 16.2. The molecule has 0 bridgehead atoms. The molecule has 21 heavy (non-hydrogen) atoms. The zero-order valence-corrected chi connectivity index (χ0v) is 11.6. The van der Waals surface area contributed by atoms with Crippen molar-refractivity contribution in [3.63, 3.8) is 0 Å². The lowest BCUT2D eigenvalue weighted by Crippen LogP contribution is -2.39. The summed E-state index contributed by atoms with van der Waals surface area (Å²) < 4.78 is 42.5. The molecule has 5 nitrogen and oxygen atoms in total. The molecule has 0 aliphatic carbocycles. The quantitative estimate of drug-likeness (QED) is 0.908. The first-order valence-electron chi connectivity index (χ1n) is 6.21. The summed E-state index contributed by atoms with van der Waals surface area (Å²) in [6, 6.07) is 0.857. The van der Waals surface area contributed by atoms with Gasteiger partial charge in [0.25, 0.3) is 0 Å². The van der Waals surface area contributed by atoms with Crippen molar-refractivity contribution in [1.82, 2.24) is 4.98 Å². The second-order valence-corrected chi connectivity index (χ2v) is 5.06. The van der Waals surface area contributed by atoms with Gasteiger partial charge in [-0.15, -0.1) is 0 Å². The maximum absolute atomic E-state index is 12.5. The number of nitrogens with zero attached hydrogens (tertiary/aromatic N) is 2. The smallest absolute Gasteiger partial charge is 0.417 e. The fourth-order valence-corrected chi connectivity index (χ4v) is 2.45. The highest BCUT2D eigenvalue weighted by Gasteiger charge is 2.32. The van der Waals surface area contributed by atoms with Crippen LogP contribution in [0.3, 0.4) is 0 Å². The number of primary amides is 1. The number of ether oxygens (including phenoxy) is 1. The summed E-state index contributed by atoms with van der Waals surface area (Å²) in [7, 11) is 0. The zero-order valence-electron chi connectivity index (χ0n) is 10.9. The van der Waals surface area contributed by atoms with Crippen LogP contribution in [0.5, 0.6) is 0 Å². The van der Waals surface area contributed by atoms with E-state index in [2.05, 4.69) is 4.98 Å². The number of nitrogens with two attached hydrogens (primary N) is 1. The van der Waals surface area contributed by atoms with Crippen LogP contribution < -0.4 is 10.6 Å². The van der Waals surface area contributed by atoms with Crippen molar-refractivity contribution in [2.24, 2.45) is 5.73 Å². The molecular formula is C12H13ClF3N3O2. The van der Waals surface area contributed by atoms with Crippen LogP contribution in [0.2, 0.25) is 5.02 Å². The number of amides is 1. The van der Waals surface area contributed by atoms with E-state index in [0.717, 1.165) is 12.3 Å². The highest BCUT2D eigenvalue weighted by molar-refractivity contribution is 6.33. The van der Waals surface area contributed by atoms with E-state index in [9.17, 15) is 18.0 Å². The Morgan fingerprint density at radius 3 is 2.52 bits per heavy atom. The molecule has 2 N–H and O–H groups in total. The second kappa shape index (κ2) is 5.97. The summed E-state index contributed by atoms with van der Waals surface area (Å²) in [5.41, 5.74) is 4.05. The Hall–Kier alpha value is -1.70. The number of aromatic nitrogens is 1. The van der Waals surface area contributed by atoms with Crippen LogP contribution in [0.15, 0.2) is 12.3 Å². The van der Waals surface area contributed by atoms with E-state index in [1.165, 1.54) is 0 Å². The van der Waals surface area contributed by atoms with Gasteiger partial charge in [0, 0.05) is 32.1 Å². The molecule has 0 atom stereocenters. The Labute approximate surface area is 123 Å². The Bertz CT molecular complexity index is 531. The molecule has 1 saturated heterocycles. The number of hydrogen-bond donors (Lipinski definition) is 1. The van der Waals surface area contributed by atoms with E-state index < -0.39 is 17.8 Å². The third kappa shape index (κ3) is 3.90. The molecule has 0 aromatic carbocycles. The van der Waals surface area contributed by atoms with Crippen LogP contribution >= 0.6 is 11.6 Å². The van der Waals surface area contributed by atoms with Gasteiger partial charge >= 0.3 is 12.3 Å². The summed E-state index contributed by atoms with van der Waals surface area (Å²) in [6.45, 7) is 0.937. The van der Waals surface area contributed by atoms with Gasteiger partial charge in [0.2, 0.25) is 0 Å². The van der Waals surface area contributed by atoms with Crippen molar-refractivity contribution in [2.75, 3.05) is 18.0 Å². The maximum atomic E-state index is 12.5. The first-order valence-corrected chi connectivity index (χ1v) is 6.59. The second-order valence-electron chi connectivity index (χ2n) is 4.65. The average Bonchev–Trinajstić information content (AvgIpc) is 2.38. The van der Waals surface area contributed by atoms with Gasteiger partial charge in [-0.2, -0.15) is 13.2 Å². The third-order valence-electron chi connectivity index (χ3n) is 3.17. The molecule has 1 amide bonds. The van der Waals surface area contributed by atoms with Gasteiger partial charge in [0.1, 0.15) is 11.9 Å². The molecule has 9 heteroatoms. The number of alkyl halides is 3. The number of hydrogen-bond acceptors (Lipinski definition) is 4. The minimum atomic E-state index is -4.47. The molecule has 2 heterocycles. The van der Waals surface area contributed by atoms with Crippen molar-refractivity contribution < 1.29 is 22.7 Å². The van der Waals surface area contributed by atoms with Crippen molar-refractivity contribution in [3.8, 4) is 0 Å². The zero-order chi connectivity index (χ0) is 15.6. The van der Waals surface area contributed by atoms with Gasteiger partial charge in [-0.3, -0.25) is 0 Å². The van der Waals surface area contributed by atoms with Crippen molar-refractivity contribution in [3.05, 3.63) is 22.8 Å². The Morgan fingerprint density at radius 2 is 2.05 bits per heavy atom. The molecule has 2 rings (SSSR count). The standard InChI is InChI=1S/C12H13ClF3N3O2/c13-9-5-7(12(14,15)16)6-18-10(9)19-3-1-8(2-4-19)21-11(17)20/h5-6,8H,1-4H2,(H2,17,20). The highest BCUT2D eigenvalue weighted by atomic mass is 35.5. The van der Waals surface area contributed by atoms with E-state index in [0.29, 0.717) is 31.7 Å². The highest BCUT2D eigenvalue weighted by Crippen LogP contribution is 2.34. The minimum Gasteiger partial charge on any atom is -0.446 e. The molecule has 1 aliphatic rings. The van der Waals surface area contributed by atoms with Crippen LogP contribution in [-0.4, -0.2) is 30.3 Å². The summed E-state index contributed by atoms with van der Waals surface area (Å²) in [5, 5.41) is -0.0564. The molecule has 1 aromatic heterocycles. The summed E-state index contributed by atoms with van der Waals surface area (Å²) in [5.74, 6) is 0.294. The lowest BCUT2D eigenvalue weighted by molar-refractivity contribution is -0.137. The van der Waals surface area contributed by atoms with Gasteiger partial charge in [0.15, 0.2) is 0 Å². The predicted octanol–water partition coefficient (Wildman–Crippen LogP) is 2.82. The van der Waals surface area contributed by atoms with E-state index in [4.69, 9.17) is 22.1 Å². The van der Waals surface area contributed by atoms with Crippen LogP contribution in [0.25, 0.3) is 0 Å². The van der Waals surface area contributed by atoms with E-state index in [1.54, 1.807) is 4.90 Å². The summed E-state index contributed by atoms with van der Waals surface area (Å²) in [6.07, 6.45) is -3.81. The van der Waals surface area contributed by atoms with Gasteiger partial charge in [-0.1, -0.05) is 11.6 Å². The van der Waals surface area contributed by atoms with E-state index in [1.807, 2.05) is 0 Å².